The third-order valence-corrected chi connectivity index (χ3v) is 7.58. The lowest BCUT2D eigenvalue weighted by Crippen LogP contribution is -2.29. The normalized spacial score (nSPS) is 11.4. The van der Waals surface area contributed by atoms with Crippen LogP contribution in [-0.2, 0) is 47.6 Å². The van der Waals surface area contributed by atoms with Gasteiger partial charge in [-0.3, -0.25) is 0 Å². The van der Waals surface area contributed by atoms with Crippen molar-refractivity contribution in [1.29, 1.82) is 0 Å². The summed E-state index contributed by atoms with van der Waals surface area (Å²) < 4.78 is 43.2. The molecule has 0 spiro atoms. The summed E-state index contributed by atoms with van der Waals surface area (Å²) in [7, 11) is 0. The topological polar surface area (TPSA) is 142 Å². The molecule has 0 N–H and O–H groups in total. The van der Waals surface area contributed by atoms with Gasteiger partial charge in [0.2, 0.25) is 0 Å². The summed E-state index contributed by atoms with van der Waals surface area (Å²) in [5.41, 5.74) is 1.74. The molecule has 2 atom stereocenters. The van der Waals surface area contributed by atoms with E-state index >= 15 is 0 Å². The molecular weight excluding hydrogens is 720 g/mol. The third kappa shape index (κ3) is 17.8. The first-order valence-corrected chi connectivity index (χ1v) is 18.0. The number of rotatable bonds is 26. The van der Waals surface area contributed by atoms with Crippen LogP contribution in [0.2, 0.25) is 0 Å². The maximum atomic E-state index is 11.5. The van der Waals surface area contributed by atoms with Crippen molar-refractivity contribution in [3.05, 3.63) is 122 Å². The molecule has 0 bridgehead atoms. The van der Waals surface area contributed by atoms with E-state index in [-0.39, 0.29) is 26.4 Å². The molecule has 0 aliphatic rings. The van der Waals surface area contributed by atoms with Gasteiger partial charge in [-0.25, -0.2) is 19.2 Å². The van der Waals surface area contributed by atoms with Gasteiger partial charge in [-0.2, -0.15) is 0 Å². The minimum absolute atomic E-state index is 0.0754. The Balaban J connectivity index is 1.34. The number of unbranched alkanes of at least 4 members (excludes halogenated alkanes) is 2. The van der Waals surface area contributed by atoms with Crippen LogP contribution >= 0.6 is 0 Å². The quantitative estimate of drug-likeness (QED) is 0.0300. The molecule has 3 aromatic carbocycles. The monoisotopic (exact) mass is 768 g/mol. The summed E-state index contributed by atoms with van der Waals surface area (Å²) in [6, 6.07) is 19.5. The fraction of sp³-hybridized carbons (Fsp3) is 0.318. The van der Waals surface area contributed by atoms with Gasteiger partial charge in [0.1, 0.15) is 24.7 Å². The molecule has 0 aliphatic heterocycles. The summed E-state index contributed by atoms with van der Waals surface area (Å²) in [5, 5.41) is 2.08. The second-order valence-electron chi connectivity index (χ2n) is 12.0. The van der Waals surface area contributed by atoms with Gasteiger partial charge >= 0.3 is 23.9 Å². The lowest BCUT2D eigenvalue weighted by atomic mass is 10.1. The van der Waals surface area contributed by atoms with Crippen molar-refractivity contribution in [3.63, 3.8) is 0 Å². The number of ether oxygens (including phenoxy) is 8. The van der Waals surface area contributed by atoms with Crippen molar-refractivity contribution < 1.29 is 57.1 Å². The van der Waals surface area contributed by atoms with Crippen LogP contribution in [0.4, 0.5) is 0 Å². The fourth-order valence-electron chi connectivity index (χ4n) is 4.72. The second-order valence-corrected chi connectivity index (χ2v) is 12.0. The van der Waals surface area contributed by atoms with Gasteiger partial charge < -0.3 is 37.9 Å². The van der Waals surface area contributed by atoms with Crippen LogP contribution in [0.5, 0.6) is 11.5 Å². The highest BCUT2D eigenvalue weighted by Gasteiger charge is 2.16. The van der Waals surface area contributed by atoms with Crippen LogP contribution in [-0.4, -0.2) is 88.9 Å². The van der Waals surface area contributed by atoms with Gasteiger partial charge in [0.25, 0.3) is 0 Å². The first-order chi connectivity index (χ1) is 27.2. The van der Waals surface area contributed by atoms with Crippen LogP contribution in [0.1, 0.15) is 36.8 Å². The minimum atomic E-state index is -0.745. The SMILES string of the molecule is C=CC(=O)OCC(COCCCCOc1ccc(C#Cc2ccc3cc(OCCCCOCC(COC(=O)C=C)OC(=O)C=C)ccc3c2)cc1)OC(=O)C=C. The minimum Gasteiger partial charge on any atom is -0.494 e. The predicted octanol–water partition coefficient (Wildman–Crippen LogP) is 6.24. The highest BCUT2D eigenvalue weighted by atomic mass is 16.6. The maximum absolute atomic E-state index is 11.5. The molecule has 0 saturated heterocycles. The first-order valence-electron chi connectivity index (χ1n) is 18.0. The maximum Gasteiger partial charge on any atom is 0.330 e. The Kier molecular flexibility index (Phi) is 20.4. The van der Waals surface area contributed by atoms with E-state index < -0.39 is 36.1 Å². The van der Waals surface area contributed by atoms with E-state index in [2.05, 4.69) is 38.2 Å². The van der Waals surface area contributed by atoms with Gasteiger partial charge in [0.05, 0.1) is 26.4 Å². The Morgan fingerprint density at radius 3 is 1.46 bits per heavy atom. The molecule has 0 amide bonds. The third-order valence-electron chi connectivity index (χ3n) is 7.58. The highest BCUT2D eigenvalue weighted by molar-refractivity contribution is 5.85. The second kappa shape index (κ2) is 25.8. The molecule has 0 saturated carbocycles. The molecule has 0 heterocycles. The summed E-state index contributed by atoms with van der Waals surface area (Å²) in [6.45, 7) is 15.1. The number of carbonyl (C=O) groups excluding carboxylic acids is 4. The Hall–Kier alpha value is -6.16. The zero-order valence-electron chi connectivity index (χ0n) is 31.5. The largest absolute Gasteiger partial charge is 0.494 e. The van der Waals surface area contributed by atoms with Gasteiger partial charge in [-0.05, 0) is 85.0 Å². The summed E-state index contributed by atoms with van der Waals surface area (Å²) in [5.74, 6) is 5.44. The molecule has 0 fully saturated rings. The number of hydrogen-bond acceptors (Lipinski definition) is 12. The van der Waals surface area contributed by atoms with Gasteiger partial charge in [-0.15, -0.1) is 0 Å². The molecule has 0 aliphatic carbocycles. The lowest BCUT2D eigenvalue weighted by Gasteiger charge is -2.17. The number of fused-ring (bicyclic) bond motifs is 1. The van der Waals surface area contributed by atoms with Crippen molar-refractivity contribution in [2.45, 2.75) is 37.9 Å². The van der Waals surface area contributed by atoms with Crippen molar-refractivity contribution in [1.82, 2.24) is 0 Å². The van der Waals surface area contributed by atoms with Crippen molar-refractivity contribution in [3.8, 4) is 23.3 Å². The zero-order chi connectivity index (χ0) is 40.4. The van der Waals surface area contributed by atoms with E-state index in [4.69, 9.17) is 37.9 Å². The number of carbonyl (C=O) groups is 4. The number of benzene rings is 3. The van der Waals surface area contributed by atoms with Crippen LogP contribution in [0.3, 0.4) is 0 Å². The van der Waals surface area contributed by atoms with Crippen molar-refractivity contribution in [2.24, 2.45) is 0 Å². The molecule has 12 heteroatoms. The number of hydrogen-bond donors (Lipinski definition) is 0. The van der Waals surface area contributed by atoms with E-state index in [0.717, 1.165) is 83.4 Å². The highest BCUT2D eigenvalue weighted by Crippen LogP contribution is 2.22. The van der Waals surface area contributed by atoms with E-state index in [1.54, 1.807) is 0 Å². The molecular formula is C44H48O12. The van der Waals surface area contributed by atoms with E-state index in [9.17, 15) is 19.2 Å². The summed E-state index contributed by atoms with van der Waals surface area (Å²) >= 11 is 0. The van der Waals surface area contributed by atoms with E-state index in [0.29, 0.717) is 26.4 Å². The van der Waals surface area contributed by atoms with Gasteiger partial charge in [0, 0.05) is 48.6 Å². The molecule has 3 rings (SSSR count). The van der Waals surface area contributed by atoms with Crippen LogP contribution in [0.25, 0.3) is 10.8 Å². The Morgan fingerprint density at radius 1 is 0.500 bits per heavy atom. The predicted molar refractivity (Wildman–Crippen MR) is 210 cm³/mol. The standard InChI is InChI=1S/C44H48O12/c1-5-41(45)53-31-39(55-43(47)7-3)29-49-23-9-11-25-51-37-20-16-33(17-21-37)13-14-34-15-18-36-28-38(22-19-35(36)27-34)52-26-12-10-24-50-30-40(56-44(48)8-4)32-54-42(46)6-2/h5-8,15-22,27-28,39-40H,1-4,9-12,23-26,29-32H2. The molecule has 296 valence electrons. The Labute approximate surface area is 327 Å². The fourth-order valence-corrected chi connectivity index (χ4v) is 4.72. The molecule has 0 radical (unpaired) electrons. The smallest absolute Gasteiger partial charge is 0.330 e. The van der Waals surface area contributed by atoms with Gasteiger partial charge in [-0.1, -0.05) is 50.3 Å². The molecule has 0 aromatic heterocycles. The average Bonchev–Trinajstić information content (AvgIpc) is 3.22. The zero-order valence-corrected chi connectivity index (χ0v) is 31.5. The van der Waals surface area contributed by atoms with Crippen molar-refractivity contribution >= 4 is 34.6 Å². The lowest BCUT2D eigenvalue weighted by molar-refractivity contribution is -0.156. The van der Waals surface area contributed by atoms with Gasteiger partial charge in [0.15, 0.2) is 12.2 Å². The molecule has 56 heavy (non-hydrogen) atoms. The summed E-state index contributed by atoms with van der Waals surface area (Å²) in [6.07, 6.45) is 5.57. The molecule has 12 nitrogen and oxygen atoms in total. The Morgan fingerprint density at radius 2 is 0.929 bits per heavy atom. The molecule has 3 aromatic rings. The molecule has 2 unspecified atom stereocenters. The van der Waals surface area contributed by atoms with Crippen LogP contribution in [0, 0.1) is 11.8 Å². The van der Waals surface area contributed by atoms with Crippen molar-refractivity contribution in [2.75, 3.05) is 52.9 Å². The summed E-state index contributed by atoms with van der Waals surface area (Å²) in [4.78, 5) is 45.7. The average molecular weight is 769 g/mol. The van der Waals surface area contributed by atoms with E-state index in [1.807, 2.05) is 60.7 Å². The van der Waals surface area contributed by atoms with Crippen LogP contribution in [0.15, 0.2) is 111 Å². The first kappa shape index (κ1) is 44.2. The van der Waals surface area contributed by atoms with E-state index in [1.165, 1.54) is 0 Å². The number of esters is 4. The van der Waals surface area contributed by atoms with Crippen LogP contribution < -0.4 is 9.47 Å². The Bertz CT molecular complexity index is 1840.